The largest absolute Gasteiger partial charge is 0.465 e. The van der Waals surface area contributed by atoms with Crippen LogP contribution < -0.4 is 16.0 Å². The minimum Gasteiger partial charge on any atom is -0.465 e. The summed E-state index contributed by atoms with van der Waals surface area (Å²) in [5, 5.41) is 8.24. The van der Waals surface area contributed by atoms with Crippen LogP contribution in [0, 0.1) is 0 Å². The predicted octanol–water partition coefficient (Wildman–Crippen LogP) is 4.32. The summed E-state index contributed by atoms with van der Waals surface area (Å²) in [6.45, 7) is 0.256. The number of rotatable bonds is 9. The Morgan fingerprint density at radius 1 is 0.765 bits per heavy atom. The van der Waals surface area contributed by atoms with Crippen LogP contribution in [0.3, 0.4) is 0 Å². The van der Waals surface area contributed by atoms with Crippen LogP contribution in [-0.2, 0) is 20.7 Å². The number of para-hydroxylation sites is 2. The third-order valence-electron chi connectivity index (χ3n) is 4.76. The lowest BCUT2D eigenvalue weighted by Crippen LogP contribution is -2.34. The molecular weight excluding hydrogens is 450 g/mol. The predicted molar refractivity (Wildman–Crippen MR) is 136 cm³/mol. The maximum absolute atomic E-state index is 12.7. The van der Waals surface area contributed by atoms with Gasteiger partial charge in [-0.3, -0.25) is 14.4 Å². The van der Waals surface area contributed by atoms with Gasteiger partial charge in [-0.1, -0.05) is 60.7 Å². The maximum Gasteiger partial charge on any atom is 0.306 e. The van der Waals surface area contributed by atoms with Crippen molar-refractivity contribution in [2.24, 2.45) is 0 Å². The molecule has 0 saturated heterocycles. The Morgan fingerprint density at radius 2 is 1.41 bits per heavy atom. The van der Waals surface area contributed by atoms with Gasteiger partial charge in [0.1, 0.15) is 0 Å². The molecule has 2 amide bonds. The van der Waals surface area contributed by atoms with Gasteiger partial charge in [-0.15, -0.1) is 0 Å². The van der Waals surface area contributed by atoms with E-state index in [-0.39, 0.29) is 30.5 Å². The Bertz CT molecular complexity index is 1140. The summed E-state index contributed by atoms with van der Waals surface area (Å²) in [6, 6.07) is 25.6. The van der Waals surface area contributed by atoms with Crippen LogP contribution in [-0.4, -0.2) is 29.5 Å². The Labute approximate surface area is 203 Å². The molecule has 0 radical (unpaired) electrons. The van der Waals surface area contributed by atoms with Crippen molar-refractivity contribution in [3.05, 3.63) is 96.1 Å². The van der Waals surface area contributed by atoms with E-state index in [4.69, 9.17) is 17.0 Å². The minimum absolute atomic E-state index is 0.0300. The summed E-state index contributed by atoms with van der Waals surface area (Å²) < 4.78 is 5.18. The Kier molecular flexibility index (Phi) is 9.30. The molecule has 0 aliphatic heterocycles. The lowest BCUT2D eigenvalue weighted by Gasteiger charge is -2.13. The molecule has 3 aromatic rings. The highest BCUT2D eigenvalue weighted by atomic mass is 32.1. The van der Waals surface area contributed by atoms with Gasteiger partial charge < -0.3 is 20.7 Å². The topological polar surface area (TPSA) is 96.5 Å². The van der Waals surface area contributed by atoms with Crippen molar-refractivity contribution >= 4 is 46.5 Å². The molecule has 0 unspecified atom stereocenters. The third-order valence-corrected chi connectivity index (χ3v) is 4.96. The molecule has 0 saturated carbocycles. The van der Waals surface area contributed by atoms with Crippen LogP contribution in [0.2, 0.25) is 0 Å². The number of anilines is 2. The number of hydrogen-bond acceptors (Lipinski definition) is 5. The monoisotopic (exact) mass is 475 g/mol. The standard InChI is InChI=1S/C26H25N3O4S/c30-23(15-16-24(31)33-18-17-19-9-3-1-4-10-19)29-26(34)28-22-14-8-7-13-21(22)25(32)27-20-11-5-2-6-12-20/h1-14H,15-18H2,(H,27,32)(H2,28,29,30,34). The number of nitrogens with one attached hydrogen (secondary N) is 3. The van der Waals surface area contributed by atoms with Gasteiger partial charge in [0.25, 0.3) is 5.91 Å². The van der Waals surface area contributed by atoms with Crippen molar-refractivity contribution < 1.29 is 19.1 Å². The van der Waals surface area contributed by atoms with E-state index < -0.39 is 11.9 Å². The molecule has 0 fully saturated rings. The van der Waals surface area contributed by atoms with E-state index in [1.807, 2.05) is 48.5 Å². The van der Waals surface area contributed by atoms with Crippen molar-refractivity contribution in [2.75, 3.05) is 17.2 Å². The zero-order chi connectivity index (χ0) is 24.2. The van der Waals surface area contributed by atoms with Crippen molar-refractivity contribution in [3.63, 3.8) is 0 Å². The smallest absolute Gasteiger partial charge is 0.306 e. The van der Waals surface area contributed by atoms with E-state index in [9.17, 15) is 14.4 Å². The van der Waals surface area contributed by atoms with Gasteiger partial charge in [-0.05, 0) is 42.0 Å². The van der Waals surface area contributed by atoms with Crippen LogP contribution in [0.1, 0.15) is 28.8 Å². The molecule has 3 aromatic carbocycles. The number of carbonyl (C=O) groups is 3. The number of amides is 2. The van der Waals surface area contributed by atoms with Gasteiger partial charge in [0, 0.05) is 18.5 Å². The Morgan fingerprint density at radius 3 is 2.15 bits per heavy atom. The summed E-state index contributed by atoms with van der Waals surface area (Å²) in [7, 11) is 0. The van der Waals surface area contributed by atoms with Gasteiger partial charge in [-0.2, -0.15) is 0 Å². The second-order valence-corrected chi connectivity index (χ2v) is 7.73. The van der Waals surface area contributed by atoms with Crippen molar-refractivity contribution in [2.45, 2.75) is 19.3 Å². The molecule has 0 bridgehead atoms. The molecule has 174 valence electrons. The number of thiocarbonyl (C=S) groups is 1. The molecule has 0 aliphatic carbocycles. The fourth-order valence-corrected chi connectivity index (χ4v) is 3.29. The molecule has 0 atom stereocenters. The highest BCUT2D eigenvalue weighted by Gasteiger charge is 2.14. The van der Waals surface area contributed by atoms with Crippen LogP contribution in [0.25, 0.3) is 0 Å². The molecule has 3 rings (SSSR count). The van der Waals surface area contributed by atoms with E-state index in [1.54, 1.807) is 36.4 Å². The number of carbonyl (C=O) groups excluding carboxylic acids is 3. The quantitative estimate of drug-likeness (QED) is 0.315. The fraction of sp³-hybridized carbons (Fsp3) is 0.154. The molecular formula is C26H25N3O4S. The summed E-state index contributed by atoms with van der Waals surface area (Å²) >= 11 is 5.20. The van der Waals surface area contributed by atoms with E-state index in [2.05, 4.69) is 16.0 Å². The molecule has 34 heavy (non-hydrogen) atoms. The molecule has 7 nitrogen and oxygen atoms in total. The van der Waals surface area contributed by atoms with Crippen LogP contribution in [0.15, 0.2) is 84.9 Å². The normalized spacial score (nSPS) is 10.1. The molecule has 0 heterocycles. The maximum atomic E-state index is 12.7. The average Bonchev–Trinajstić information content (AvgIpc) is 2.84. The number of hydrogen-bond donors (Lipinski definition) is 3. The first-order valence-electron chi connectivity index (χ1n) is 10.8. The first-order chi connectivity index (χ1) is 16.5. The van der Waals surface area contributed by atoms with Crippen LogP contribution in [0.5, 0.6) is 0 Å². The third kappa shape index (κ3) is 8.14. The van der Waals surface area contributed by atoms with E-state index in [0.29, 0.717) is 23.4 Å². The molecule has 3 N–H and O–H groups in total. The zero-order valence-electron chi connectivity index (χ0n) is 18.5. The molecule has 0 aliphatic rings. The zero-order valence-corrected chi connectivity index (χ0v) is 19.3. The van der Waals surface area contributed by atoms with Gasteiger partial charge in [0.15, 0.2) is 5.11 Å². The SMILES string of the molecule is O=C(CCC(=O)OCCc1ccccc1)NC(=S)Nc1ccccc1C(=O)Nc1ccccc1. The van der Waals surface area contributed by atoms with Crippen LogP contribution in [0.4, 0.5) is 11.4 Å². The minimum atomic E-state index is -0.451. The number of ether oxygens (including phenoxy) is 1. The van der Waals surface area contributed by atoms with E-state index in [0.717, 1.165) is 5.56 Å². The number of benzene rings is 3. The van der Waals surface area contributed by atoms with E-state index in [1.165, 1.54) is 0 Å². The summed E-state index contributed by atoms with van der Waals surface area (Å²) in [5.41, 5.74) is 2.54. The van der Waals surface area contributed by atoms with Crippen molar-refractivity contribution in [1.29, 1.82) is 0 Å². The van der Waals surface area contributed by atoms with Gasteiger partial charge >= 0.3 is 5.97 Å². The van der Waals surface area contributed by atoms with Crippen molar-refractivity contribution in [3.8, 4) is 0 Å². The Hall–Kier alpha value is -4.04. The molecule has 0 spiro atoms. The molecule has 0 aromatic heterocycles. The van der Waals surface area contributed by atoms with Gasteiger partial charge in [-0.25, -0.2) is 0 Å². The highest BCUT2D eigenvalue weighted by molar-refractivity contribution is 7.80. The Balaban J connectivity index is 1.43. The lowest BCUT2D eigenvalue weighted by molar-refractivity contribution is -0.144. The van der Waals surface area contributed by atoms with Crippen LogP contribution >= 0.6 is 12.2 Å². The van der Waals surface area contributed by atoms with E-state index >= 15 is 0 Å². The highest BCUT2D eigenvalue weighted by Crippen LogP contribution is 2.17. The first kappa shape index (κ1) is 24.6. The summed E-state index contributed by atoms with van der Waals surface area (Å²) in [5.74, 6) is -1.20. The fourth-order valence-electron chi connectivity index (χ4n) is 3.07. The second kappa shape index (κ2) is 12.9. The average molecular weight is 476 g/mol. The first-order valence-corrected chi connectivity index (χ1v) is 11.2. The number of esters is 1. The second-order valence-electron chi connectivity index (χ2n) is 7.32. The lowest BCUT2D eigenvalue weighted by atomic mass is 10.1. The molecule has 8 heteroatoms. The summed E-state index contributed by atoms with van der Waals surface area (Å²) in [6.07, 6.45) is 0.492. The van der Waals surface area contributed by atoms with Crippen molar-refractivity contribution in [1.82, 2.24) is 5.32 Å². The summed E-state index contributed by atoms with van der Waals surface area (Å²) in [4.78, 5) is 36.7. The van der Waals surface area contributed by atoms with Gasteiger partial charge in [0.2, 0.25) is 5.91 Å². The van der Waals surface area contributed by atoms with Gasteiger partial charge in [0.05, 0.1) is 24.3 Å².